The van der Waals surface area contributed by atoms with E-state index in [0.29, 0.717) is 26.6 Å². The van der Waals surface area contributed by atoms with Crippen LogP contribution in [0.4, 0.5) is 0 Å². The molecule has 0 saturated heterocycles. The number of carbonyl (C=O) groups is 1. The molecular formula is C19H13Cl3N2O2S. The van der Waals surface area contributed by atoms with Crippen molar-refractivity contribution in [2.45, 2.75) is 4.90 Å². The number of rotatable bonds is 6. The molecule has 0 bridgehead atoms. The molecule has 8 heteroatoms. The Morgan fingerprint density at radius 1 is 1.04 bits per heavy atom. The summed E-state index contributed by atoms with van der Waals surface area (Å²) in [5.41, 5.74) is 3.26. The molecule has 0 aliphatic rings. The van der Waals surface area contributed by atoms with Crippen LogP contribution in [0.3, 0.4) is 0 Å². The van der Waals surface area contributed by atoms with Gasteiger partial charge in [0.05, 0.1) is 22.0 Å². The summed E-state index contributed by atoms with van der Waals surface area (Å²) in [4.78, 5) is 12.8. The third-order valence-electron chi connectivity index (χ3n) is 3.40. The van der Waals surface area contributed by atoms with Gasteiger partial charge >= 0.3 is 0 Å². The number of nitrogens with one attached hydrogen (secondary N) is 1. The standard InChI is InChI=1S/C19H13Cl3N2O2S/c20-13-2-5-15(6-3-13)27-11-19(25)24-23-10-14-4-8-18(26-14)12-1-7-16(21)17(22)9-12/h1-10H,11H2,(H,24,25)/b23-10+. The zero-order valence-electron chi connectivity index (χ0n) is 13.8. The molecule has 0 aliphatic carbocycles. The molecule has 2 aromatic carbocycles. The molecule has 0 unspecified atom stereocenters. The molecular weight excluding hydrogens is 427 g/mol. The summed E-state index contributed by atoms with van der Waals surface area (Å²) in [6.45, 7) is 0. The lowest BCUT2D eigenvalue weighted by Gasteiger charge is -2.01. The summed E-state index contributed by atoms with van der Waals surface area (Å²) in [5.74, 6) is 1.15. The number of thioether (sulfide) groups is 1. The number of hydrogen-bond donors (Lipinski definition) is 1. The van der Waals surface area contributed by atoms with E-state index in [1.54, 1.807) is 36.4 Å². The topological polar surface area (TPSA) is 54.6 Å². The van der Waals surface area contributed by atoms with Gasteiger partial charge in [-0.3, -0.25) is 4.79 Å². The Balaban J connectivity index is 1.52. The van der Waals surface area contributed by atoms with Crippen LogP contribution in [-0.4, -0.2) is 17.9 Å². The highest BCUT2D eigenvalue weighted by atomic mass is 35.5. The average Bonchev–Trinajstić information content (AvgIpc) is 3.12. The summed E-state index contributed by atoms with van der Waals surface area (Å²) < 4.78 is 5.67. The highest BCUT2D eigenvalue weighted by molar-refractivity contribution is 8.00. The van der Waals surface area contributed by atoms with Crippen molar-refractivity contribution in [2.24, 2.45) is 5.10 Å². The van der Waals surface area contributed by atoms with Crippen LogP contribution >= 0.6 is 46.6 Å². The number of furan rings is 1. The van der Waals surface area contributed by atoms with Crippen molar-refractivity contribution in [3.05, 3.63) is 75.4 Å². The van der Waals surface area contributed by atoms with E-state index >= 15 is 0 Å². The van der Waals surface area contributed by atoms with Crippen molar-refractivity contribution < 1.29 is 9.21 Å². The molecule has 1 aromatic heterocycles. The van der Waals surface area contributed by atoms with Gasteiger partial charge in [-0.15, -0.1) is 11.8 Å². The fourth-order valence-electron chi connectivity index (χ4n) is 2.11. The molecule has 1 amide bonds. The minimum atomic E-state index is -0.220. The van der Waals surface area contributed by atoms with Crippen LogP contribution in [0.1, 0.15) is 5.76 Å². The summed E-state index contributed by atoms with van der Waals surface area (Å²) in [6.07, 6.45) is 1.44. The van der Waals surface area contributed by atoms with Crippen molar-refractivity contribution in [1.29, 1.82) is 0 Å². The van der Waals surface area contributed by atoms with Gasteiger partial charge in [0.1, 0.15) is 11.5 Å². The van der Waals surface area contributed by atoms with Crippen molar-refractivity contribution >= 4 is 58.7 Å². The third-order valence-corrected chi connectivity index (χ3v) is 5.40. The Morgan fingerprint density at radius 2 is 1.81 bits per heavy atom. The van der Waals surface area contributed by atoms with E-state index in [1.807, 2.05) is 18.2 Å². The fourth-order valence-corrected chi connectivity index (χ4v) is 3.22. The van der Waals surface area contributed by atoms with E-state index in [0.717, 1.165) is 10.5 Å². The quantitative estimate of drug-likeness (QED) is 0.285. The molecule has 0 fully saturated rings. The Hall–Kier alpha value is -1.92. The van der Waals surface area contributed by atoms with Crippen LogP contribution in [-0.2, 0) is 4.79 Å². The van der Waals surface area contributed by atoms with Crippen LogP contribution in [0.2, 0.25) is 15.1 Å². The first-order chi connectivity index (χ1) is 13.0. The minimum absolute atomic E-state index is 0.220. The Labute approximate surface area is 175 Å². The van der Waals surface area contributed by atoms with Gasteiger partial charge in [0.15, 0.2) is 0 Å². The monoisotopic (exact) mass is 438 g/mol. The maximum Gasteiger partial charge on any atom is 0.250 e. The zero-order valence-corrected chi connectivity index (χ0v) is 16.9. The first kappa shape index (κ1) is 19.8. The van der Waals surface area contributed by atoms with Crippen LogP contribution in [0.5, 0.6) is 0 Å². The lowest BCUT2D eigenvalue weighted by molar-refractivity contribution is -0.118. The van der Waals surface area contributed by atoms with Gasteiger partial charge in [-0.2, -0.15) is 5.10 Å². The highest BCUT2D eigenvalue weighted by Crippen LogP contribution is 2.29. The fraction of sp³-hybridized carbons (Fsp3) is 0.0526. The van der Waals surface area contributed by atoms with E-state index in [2.05, 4.69) is 10.5 Å². The van der Waals surface area contributed by atoms with Crippen LogP contribution in [0.25, 0.3) is 11.3 Å². The number of nitrogens with zero attached hydrogens (tertiary/aromatic N) is 1. The second kappa shape index (κ2) is 9.33. The van der Waals surface area contributed by atoms with Crippen molar-refractivity contribution in [3.63, 3.8) is 0 Å². The first-order valence-corrected chi connectivity index (χ1v) is 9.89. The first-order valence-electron chi connectivity index (χ1n) is 7.77. The van der Waals surface area contributed by atoms with Gasteiger partial charge in [0.25, 0.3) is 0 Å². The molecule has 1 N–H and O–H groups in total. The second-order valence-electron chi connectivity index (χ2n) is 5.37. The minimum Gasteiger partial charge on any atom is -0.455 e. The van der Waals surface area contributed by atoms with Crippen LogP contribution in [0, 0.1) is 0 Å². The predicted octanol–water partition coefficient (Wildman–Crippen LogP) is 6.15. The predicted molar refractivity (Wildman–Crippen MR) is 112 cm³/mol. The summed E-state index contributed by atoms with van der Waals surface area (Å²) >= 11 is 19.1. The third kappa shape index (κ3) is 5.78. The number of carbonyl (C=O) groups excluding carboxylic acids is 1. The SMILES string of the molecule is O=C(CSc1ccc(Cl)cc1)N/N=C/c1ccc(-c2ccc(Cl)c(Cl)c2)o1. The second-order valence-corrected chi connectivity index (χ2v) is 7.67. The number of hydrogen-bond acceptors (Lipinski definition) is 4. The van der Waals surface area contributed by atoms with Crippen molar-refractivity contribution in [3.8, 4) is 11.3 Å². The summed E-state index contributed by atoms with van der Waals surface area (Å²) in [6, 6.07) is 16.0. The molecule has 3 rings (SSSR count). The molecule has 0 spiro atoms. The Bertz CT molecular complexity index is 971. The lowest BCUT2D eigenvalue weighted by atomic mass is 10.2. The molecule has 1 heterocycles. The Kier molecular flexibility index (Phi) is 6.85. The van der Waals surface area contributed by atoms with Crippen LogP contribution in [0.15, 0.2) is 69.0 Å². The van der Waals surface area contributed by atoms with E-state index in [1.165, 1.54) is 18.0 Å². The maximum atomic E-state index is 11.8. The van der Waals surface area contributed by atoms with Crippen molar-refractivity contribution in [2.75, 3.05) is 5.75 Å². The molecule has 27 heavy (non-hydrogen) atoms. The van der Waals surface area contributed by atoms with Crippen LogP contribution < -0.4 is 5.43 Å². The molecule has 0 aliphatic heterocycles. The number of benzene rings is 2. The number of hydrazone groups is 1. The number of halogens is 3. The highest BCUT2D eigenvalue weighted by Gasteiger charge is 2.07. The van der Waals surface area contributed by atoms with Gasteiger partial charge in [-0.1, -0.05) is 34.8 Å². The molecule has 0 saturated carbocycles. The maximum absolute atomic E-state index is 11.8. The van der Waals surface area contributed by atoms with Gasteiger partial charge < -0.3 is 4.42 Å². The normalized spacial score (nSPS) is 11.1. The van der Waals surface area contributed by atoms with Gasteiger partial charge in [-0.25, -0.2) is 5.43 Å². The van der Waals surface area contributed by atoms with Crippen molar-refractivity contribution in [1.82, 2.24) is 5.43 Å². The number of amides is 1. The molecule has 0 radical (unpaired) electrons. The molecule has 0 atom stereocenters. The van der Waals surface area contributed by atoms with E-state index in [-0.39, 0.29) is 11.7 Å². The largest absolute Gasteiger partial charge is 0.455 e. The molecule has 138 valence electrons. The smallest absolute Gasteiger partial charge is 0.250 e. The molecule has 3 aromatic rings. The molecule has 4 nitrogen and oxygen atoms in total. The van der Waals surface area contributed by atoms with E-state index < -0.39 is 0 Å². The summed E-state index contributed by atoms with van der Waals surface area (Å²) in [7, 11) is 0. The van der Waals surface area contributed by atoms with Gasteiger partial charge in [-0.05, 0) is 54.6 Å². The van der Waals surface area contributed by atoms with Gasteiger partial charge in [0.2, 0.25) is 5.91 Å². The van der Waals surface area contributed by atoms with Gasteiger partial charge in [0, 0.05) is 15.5 Å². The lowest BCUT2D eigenvalue weighted by Crippen LogP contribution is -2.19. The zero-order chi connectivity index (χ0) is 19.2. The van der Waals surface area contributed by atoms with E-state index in [9.17, 15) is 4.79 Å². The summed E-state index contributed by atoms with van der Waals surface area (Å²) in [5, 5.41) is 5.50. The Morgan fingerprint density at radius 3 is 2.56 bits per heavy atom. The van der Waals surface area contributed by atoms with E-state index in [4.69, 9.17) is 39.2 Å². The average molecular weight is 440 g/mol.